The van der Waals surface area contributed by atoms with Crippen molar-refractivity contribution in [2.24, 2.45) is 0 Å². The van der Waals surface area contributed by atoms with Gasteiger partial charge in [-0.05, 0) is 20.3 Å². The van der Waals surface area contributed by atoms with Crippen LogP contribution >= 0.6 is 0 Å². The molecule has 4 heteroatoms. The molecule has 1 amide bonds. The van der Waals surface area contributed by atoms with Crippen molar-refractivity contribution in [3.8, 4) is 0 Å². The van der Waals surface area contributed by atoms with E-state index in [4.69, 9.17) is 5.21 Å². The van der Waals surface area contributed by atoms with Gasteiger partial charge in [-0.15, -0.1) is 0 Å². The van der Waals surface area contributed by atoms with Crippen LogP contribution in [0.15, 0.2) is 24.5 Å². The van der Waals surface area contributed by atoms with E-state index in [2.05, 4.69) is 5.32 Å². The molecule has 4 nitrogen and oxygen atoms in total. The predicted octanol–water partition coefficient (Wildman–Crippen LogP) is 1.13. The highest BCUT2D eigenvalue weighted by Crippen LogP contribution is 2.08. The van der Waals surface area contributed by atoms with Gasteiger partial charge in [0.15, 0.2) is 0 Å². The number of pyridine rings is 1. The fourth-order valence-electron chi connectivity index (χ4n) is 1.04. The minimum Gasteiger partial charge on any atom is -0.347 e. The standard InChI is InChI=1S/C11H16N2O2/c1-4-11(2,3)12-10(14)9-5-7-13(15)8-6-9/h5-8H,4H2,1-3H3,(H-,12,14,15)/p+1. The third kappa shape index (κ3) is 3.23. The predicted molar refractivity (Wildman–Crippen MR) is 55.7 cm³/mol. The second kappa shape index (κ2) is 4.29. The zero-order chi connectivity index (χ0) is 11.5. The van der Waals surface area contributed by atoms with Gasteiger partial charge in [0.25, 0.3) is 5.91 Å². The summed E-state index contributed by atoms with van der Waals surface area (Å²) in [6.07, 6.45) is 3.72. The first-order valence-corrected chi connectivity index (χ1v) is 4.98. The lowest BCUT2D eigenvalue weighted by molar-refractivity contribution is -0.904. The summed E-state index contributed by atoms with van der Waals surface area (Å²) in [4.78, 5) is 11.7. The molecular weight excluding hydrogens is 192 g/mol. The fraction of sp³-hybridized carbons (Fsp3) is 0.455. The van der Waals surface area contributed by atoms with Crippen molar-refractivity contribution in [2.75, 3.05) is 0 Å². The van der Waals surface area contributed by atoms with Crippen LogP contribution in [0.5, 0.6) is 0 Å². The summed E-state index contributed by atoms with van der Waals surface area (Å²) in [6, 6.07) is 3.14. The van der Waals surface area contributed by atoms with Crippen molar-refractivity contribution in [1.82, 2.24) is 5.32 Å². The van der Waals surface area contributed by atoms with E-state index in [0.29, 0.717) is 5.56 Å². The number of rotatable bonds is 3. The average Bonchev–Trinajstić information content (AvgIpc) is 2.18. The molecule has 0 aliphatic rings. The Morgan fingerprint density at radius 3 is 2.47 bits per heavy atom. The van der Waals surface area contributed by atoms with E-state index < -0.39 is 0 Å². The first kappa shape index (κ1) is 11.5. The molecule has 1 aromatic heterocycles. The van der Waals surface area contributed by atoms with Crippen LogP contribution in [-0.4, -0.2) is 16.7 Å². The summed E-state index contributed by atoms with van der Waals surface area (Å²) in [5, 5.41) is 11.9. The summed E-state index contributed by atoms with van der Waals surface area (Å²) in [5.74, 6) is -0.123. The molecule has 1 rings (SSSR count). The molecule has 82 valence electrons. The van der Waals surface area contributed by atoms with E-state index in [1.54, 1.807) is 12.1 Å². The van der Waals surface area contributed by atoms with Crippen molar-refractivity contribution in [3.63, 3.8) is 0 Å². The lowest BCUT2D eigenvalue weighted by Crippen LogP contribution is -2.43. The number of aromatic nitrogens is 1. The molecule has 0 spiro atoms. The van der Waals surface area contributed by atoms with Crippen LogP contribution < -0.4 is 10.0 Å². The van der Waals surface area contributed by atoms with Gasteiger partial charge in [-0.2, -0.15) is 0 Å². The Morgan fingerprint density at radius 2 is 2.00 bits per heavy atom. The minimum absolute atomic E-state index is 0.123. The van der Waals surface area contributed by atoms with Crippen LogP contribution in [0.1, 0.15) is 37.6 Å². The summed E-state index contributed by atoms with van der Waals surface area (Å²) < 4.78 is 0.905. The van der Waals surface area contributed by atoms with Crippen LogP contribution in [0.4, 0.5) is 0 Å². The largest absolute Gasteiger partial charge is 0.347 e. The van der Waals surface area contributed by atoms with Gasteiger partial charge in [0.1, 0.15) is 0 Å². The van der Waals surface area contributed by atoms with Gasteiger partial charge in [0.05, 0.1) is 5.56 Å². The lowest BCUT2D eigenvalue weighted by atomic mass is 10.0. The lowest BCUT2D eigenvalue weighted by Gasteiger charge is -2.24. The van der Waals surface area contributed by atoms with E-state index in [9.17, 15) is 4.79 Å². The molecule has 0 unspecified atom stereocenters. The Hall–Kier alpha value is -1.58. The second-order valence-corrected chi connectivity index (χ2v) is 4.16. The smallest absolute Gasteiger partial charge is 0.252 e. The molecule has 0 saturated heterocycles. The van der Waals surface area contributed by atoms with E-state index in [1.807, 2.05) is 20.8 Å². The topological polar surface area (TPSA) is 53.2 Å². The molecule has 2 N–H and O–H groups in total. The normalized spacial score (nSPS) is 11.1. The van der Waals surface area contributed by atoms with Gasteiger partial charge < -0.3 is 5.32 Å². The maximum Gasteiger partial charge on any atom is 0.252 e. The first-order chi connectivity index (χ1) is 6.94. The van der Waals surface area contributed by atoms with E-state index in [1.165, 1.54) is 12.4 Å². The summed E-state index contributed by atoms with van der Waals surface area (Å²) in [6.45, 7) is 5.97. The Labute approximate surface area is 89.5 Å². The number of carbonyl (C=O) groups excluding carboxylic acids is 1. The van der Waals surface area contributed by atoms with Crippen molar-refractivity contribution in [2.45, 2.75) is 32.7 Å². The molecule has 0 aliphatic heterocycles. The molecule has 0 bridgehead atoms. The number of hydrogen-bond acceptors (Lipinski definition) is 2. The van der Waals surface area contributed by atoms with Gasteiger partial charge in [-0.25, -0.2) is 0 Å². The second-order valence-electron chi connectivity index (χ2n) is 4.16. The molecule has 0 saturated carbocycles. The highest BCUT2D eigenvalue weighted by atomic mass is 16.5. The van der Waals surface area contributed by atoms with Gasteiger partial charge in [-0.3, -0.25) is 10.0 Å². The summed E-state index contributed by atoms with van der Waals surface area (Å²) in [7, 11) is 0. The van der Waals surface area contributed by atoms with Gasteiger partial charge >= 0.3 is 0 Å². The zero-order valence-electron chi connectivity index (χ0n) is 9.32. The Morgan fingerprint density at radius 1 is 1.47 bits per heavy atom. The Balaban J connectivity index is 2.74. The Kier molecular flexibility index (Phi) is 3.29. The van der Waals surface area contributed by atoms with Crippen LogP contribution in [0, 0.1) is 0 Å². The van der Waals surface area contributed by atoms with E-state index >= 15 is 0 Å². The van der Waals surface area contributed by atoms with Crippen LogP contribution in [-0.2, 0) is 0 Å². The van der Waals surface area contributed by atoms with Crippen LogP contribution in [0.3, 0.4) is 0 Å². The third-order valence-corrected chi connectivity index (χ3v) is 2.41. The molecule has 0 radical (unpaired) electrons. The monoisotopic (exact) mass is 209 g/mol. The van der Waals surface area contributed by atoms with Gasteiger partial charge in [0, 0.05) is 22.4 Å². The molecule has 0 fully saturated rings. The minimum atomic E-state index is -0.206. The number of nitrogens with zero attached hydrogens (tertiary/aromatic N) is 1. The first-order valence-electron chi connectivity index (χ1n) is 4.98. The van der Waals surface area contributed by atoms with E-state index in [0.717, 1.165) is 11.2 Å². The van der Waals surface area contributed by atoms with Crippen molar-refractivity contribution < 1.29 is 14.7 Å². The van der Waals surface area contributed by atoms with E-state index in [-0.39, 0.29) is 11.4 Å². The van der Waals surface area contributed by atoms with Gasteiger partial charge in [0.2, 0.25) is 12.4 Å². The van der Waals surface area contributed by atoms with Crippen molar-refractivity contribution in [3.05, 3.63) is 30.1 Å². The maximum absolute atomic E-state index is 11.7. The molecular formula is C11H17N2O2+. The molecule has 1 heterocycles. The average molecular weight is 209 g/mol. The third-order valence-electron chi connectivity index (χ3n) is 2.41. The Bertz CT molecular complexity index is 344. The number of hydrogen-bond donors (Lipinski definition) is 2. The highest BCUT2D eigenvalue weighted by molar-refractivity contribution is 5.94. The molecule has 15 heavy (non-hydrogen) atoms. The van der Waals surface area contributed by atoms with Crippen LogP contribution in [0.2, 0.25) is 0 Å². The van der Waals surface area contributed by atoms with Gasteiger partial charge in [-0.1, -0.05) is 6.92 Å². The van der Waals surface area contributed by atoms with Crippen molar-refractivity contribution >= 4 is 5.91 Å². The number of nitrogens with one attached hydrogen (secondary N) is 1. The SMILES string of the molecule is CCC(C)(C)NC(=O)c1cc[n+](O)cc1. The van der Waals surface area contributed by atoms with Crippen molar-refractivity contribution in [1.29, 1.82) is 0 Å². The number of carbonyl (C=O) groups is 1. The summed E-state index contributed by atoms with van der Waals surface area (Å²) in [5.41, 5.74) is 0.337. The summed E-state index contributed by atoms with van der Waals surface area (Å²) >= 11 is 0. The number of amides is 1. The molecule has 0 aromatic carbocycles. The zero-order valence-corrected chi connectivity index (χ0v) is 9.32. The van der Waals surface area contributed by atoms with Crippen LogP contribution in [0.25, 0.3) is 0 Å². The molecule has 0 atom stereocenters. The highest BCUT2D eigenvalue weighted by Gasteiger charge is 2.19. The molecule has 1 aromatic rings. The molecule has 0 aliphatic carbocycles. The quantitative estimate of drug-likeness (QED) is 0.579. The fourth-order valence-corrected chi connectivity index (χ4v) is 1.04. The maximum atomic E-state index is 11.7.